The fourth-order valence-corrected chi connectivity index (χ4v) is 2.95. The number of amides is 1. The molecule has 0 saturated carbocycles. The van der Waals surface area contributed by atoms with Gasteiger partial charge < -0.3 is 5.32 Å². The van der Waals surface area contributed by atoms with Crippen molar-refractivity contribution in [3.63, 3.8) is 0 Å². The number of carbonyl (C=O) groups excluding carboxylic acids is 1. The van der Waals surface area contributed by atoms with Crippen molar-refractivity contribution < 1.29 is 4.79 Å². The molecular formula is C17H18ClN3O2. The molecule has 120 valence electrons. The van der Waals surface area contributed by atoms with E-state index in [1.54, 1.807) is 12.1 Å². The summed E-state index contributed by atoms with van der Waals surface area (Å²) >= 11 is 6.05. The van der Waals surface area contributed by atoms with E-state index >= 15 is 0 Å². The van der Waals surface area contributed by atoms with Gasteiger partial charge in [0.25, 0.3) is 5.56 Å². The maximum absolute atomic E-state index is 12.4. The van der Waals surface area contributed by atoms with Crippen molar-refractivity contribution in [1.82, 2.24) is 9.55 Å². The largest absolute Gasteiger partial charge is 0.324 e. The molecule has 0 unspecified atom stereocenters. The van der Waals surface area contributed by atoms with E-state index in [4.69, 9.17) is 11.6 Å². The zero-order chi connectivity index (χ0) is 16.4. The summed E-state index contributed by atoms with van der Waals surface area (Å²) in [6.45, 7) is 1.84. The summed E-state index contributed by atoms with van der Waals surface area (Å²) in [7, 11) is 0. The second-order valence-corrected chi connectivity index (χ2v) is 6.23. The van der Waals surface area contributed by atoms with Gasteiger partial charge in [-0.15, -0.1) is 0 Å². The molecule has 1 aliphatic rings. The summed E-state index contributed by atoms with van der Waals surface area (Å²) in [6, 6.07) is 5.32. The molecule has 0 spiro atoms. The lowest BCUT2D eigenvalue weighted by atomic mass is 9.97. The lowest BCUT2D eigenvalue weighted by Gasteiger charge is -2.15. The molecule has 5 nitrogen and oxygen atoms in total. The molecule has 1 N–H and O–H groups in total. The lowest BCUT2D eigenvalue weighted by Crippen LogP contribution is -2.32. The quantitative estimate of drug-likeness (QED) is 0.940. The number of nitrogens with zero attached hydrogens (tertiary/aromatic N) is 2. The van der Waals surface area contributed by atoms with Gasteiger partial charge in [-0.1, -0.05) is 17.7 Å². The van der Waals surface area contributed by atoms with Crippen LogP contribution in [0.3, 0.4) is 0 Å². The summed E-state index contributed by atoms with van der Waals surface area (Å²) in [5.74, 6) is -0.274. The van der Waals surface area contributed by atoms with Crippen molar-refractivity contribution in [3.05, 3.63) is 56.7 Å². The first kappa shape index (κ1) is 15.7. The zero-order valence-electron chi connectivity index (χ0n) is 12.9. The first-order valence-electron chi connectivity index (χ1n) is 7.68. The van der Waals surface area contributed by atoms with Gasteiger partial charge in [-0.25, -0.2) is 4.98 Å². The first-order chi connectivity index (χ1) is 11.0. The minimum absolute atomic E-state index is 0.0510. The van der Waals surface area contributed by atoms with Gasteiger partial charge in [0, 0.05) is 16.3 Å². The Bertz CT molecular complexity index is 814. The number of hydrogen-bond acceptors (Lipinski definition) is 3. The highest BCUT2D eigenvalue weighted by Crippen LogP contribution is 2.20. The fourth-order valence-electron chi connectivity index (χ4n) is 2.77. The highest BCUT2D eigenvalue weighted by atomic mass is 35.5. The van der Waals surface area contributed by atoms with Gasteiger partial charge in [-0.2, -0.15) is 0 Å². The van der Waals surface area contributed by atoms with Crippen LogP contribution in [0.1, 0.15) is 29.7 Å². The van der Waals surface area contributed by atoms with Crippen molar-refractivity contribution in [3.8, 4) is 0 Å². The number of benzene rings is 1. The molecule has 0 bridgehead atoms. The number of halogens is 1. The SMILES string of the molecule is Cc1ccc(NC(=O)Cn2cnc3c(c2=O)CCCC3)cc1Cl. The number of rotatable bonds is 3. The molecule has 2 aromatic rings. The maximum atomic E-state index is 12.4. The third-order valence-corrected chi connectivity index (χ3v) is 4.49. The monoisotopic (exact) mass is 331 g/mol. The van der Waals surface area contributed by atoms with E-state index in [-0.39, 0.29) is 18.0 Å². The van der Waals surface area contributed by atoms with Crippen LogP contribution in [0, 0.1) is 6.92 Å². The number of carbonyl (C=O) groups is 1. The molecule has 6 heteroatoms. The minimum atomic E-state index is -0.274. The van der Waals surface area contributed by atoms with Gasteiger partial charge in [0.1, 0.15) is 6.54 Å². The number of aromatic nitrogens is 2. The average molecular weight is 332 g/mol. The molecule has 0 saturated heterocycles. The van der Waals surface area contributed by atoms with Crippen LogP contribution in [-0.4, -0.2) is 15.5 Å². The Kier molecular flexibility index (Phi) is 4.48. The van der Waals surface area contributed by atoms with Crippen molar-refractivity contribution in [1.29, 1.82) is 0 Å². The third kappa shape index (κ3) is 3.45. The normalized spacial score (nSPS) is 13.5. The predicted octanol–water partition coefficient (Wildman–Crippen LogP) is 2.72. The van der Waals surface area contributed by atoms with E-state index in [1.165, 1.54) is 10.9 Å². The van der Waals surface area contributed by atoms with Crippen molar-refractivity contribution in [2.75, 3.05) is 5.32 Å². The Hall–Kier alpha value is -2.14. The number of nitrogens with one attached hydrogen (secondary N) is 1. The summed E-state index contributed by atoms with van der Waals surface area (Å²) in [6.07, 6.45) is 5.13. The fraction of sp³-hybridized carbons (Fsp3) is 0.353. The number of fused-ring (bicyclic) bond motifs is 1. The van der Waals surface area contributed by atoms with E-state index < -0.39 is 0 Å². The van der Waals surface area contributed by atoms with Crippen LogP contribution in [0.5, 0.6) is 0 Å². The zero-order valence-corrected chi connectivity index (χ0v) is 13.7. The maximum Gasteiger partial charge on any atom is 0.257 e. The molecule has 23 heavy (non-hydrogen) atoms. The molecule has 1 aromatic heterocycles. The van der Waals surface area contributed by atoms with Crippen molar-refractivity contribution >= 4 is 23.2 Å². The van der Waals surface area contributed by atoms with Crippen LogP contribution in [0.25, 0.3) is 0 Å². The topological polar surface area (TPSA) is 64.0 Å². The standard InChI is InChI=1S/C17H18ClN3O2/c1-11-6-7-12(8-14(11)18)20-16(22)9-21-10-19-15-5-3-2-4-13(15)17(21)23/h6-8,10H,2-5,9H2,1H3,(H,20,22). The van der Waals surface area contributed by atoms with E-state index in [0.29, 0.717) is 10.7 Å². The van der Waals surface area contributed by atoms with Crippen LogP contribution in [0.2, 0.25) is 5.02 Å². The second-order valence-electron chi connectivity index (χ2n) is 5.82. The third-order valence-electron chi connectivity index (χ3n) is 4.08. The van der Waals surface area contributed by atoms with E-state index in [9.17, 15) is 9.59 Å². The molecule has 0 aliphatic heterocycles. The molecule has 0 fully saturated rings. The summed E-state index contributed by atoms with van der Waals surface area (Å²) in [4.78, 5) is 28.9. The molecule has 1 aromatic carbocycles. The average Bonchev–Trinajstić information content (AvgIpc) is 2.54. The van der Waals surface area contributed by atoms with Gasteiger partial charge in [0.15, 0.2) is 0 Å². The van der Waals surface area contributed by atoms with Gasteiger partial charge >= 0.3 is 0 Å². The first-order valence-corrected chi connectivity index (χ1v) is 8.05. The van der Waals surface area contributed by atoms with Gasteiger partial charge in [0.05, 0.1) is 12.0 Å². The summed E-state index contributed by atoms with van der Waals surface area (Å²) in [5.41, 5.74) is 3.09. The Morgan fingerprint density at radius 1 is 1.35 bits per heavy atom. The summed E-state index contributed by atoms with van der Waals surface area (Å²) in [5, 5.41) is 3.35. The van der Waals surface area contributed by atoms with Crippen LogP contribution in [0.15, 0.2) is 29.3 Å². The minimum Gasteiger partial charge on any atom is -0.324 e. The lowest BCUT2D eigenvalue weighted by molar-refractivity contribution is -0.116. The summed E-state index contributed by atoms with van der Waals surface area (Å²) < 4.78 is 1.37. The van der Waals surface area contributed by atoms with Crippen LogP contribution >= 0.6 is 11.6 Å². The highest BCUT2D eigenvalue weighted by Gasteiger charge is 2.16. The molecule has 0 radical (unpaired) electrons. The predicted molar refractivity (Wildman–Crippen MR) is 90.0 cm³/mol. The number of anilines is 1. The van der Waals surface area contributed by atoms with E-state index in [2.05, 4.69) is 10.3 Å². The Morgan fingerprint density at radius 3 is 2.91 bits per heavy atom. The number of aryl methyl sites for hydroxylation is 2. The molecular weight excluding hydrogens is 314 g/mol. The van der Waals surface area contributed by atoms with Gasteiger partial charge in [0.2, 0.25) is 5.91 Å². The Balaban J connectivity index is 1.75. The van der Waals surface area contributed by atoms with Crippen LogP contribution < -0.4 is 10.9 Å². The van der Waals surface area contributed by atoms with Gasteiger partial charge in [-0.05, 0) is 50.3 Å². The van der Waals surface area contributed by atoms with Crippen LogP contribution in [0.4, 0.5) is 5.69 Å². The molecule has 1 amide bonds. The molecule has 1 heterocycles. The molecule has 3 rings (SSSR count). The smallest absolute Gasteiger partial charge is 0.257 e. The van der Waals surface area contributed by atoms with Crippen molar-refractivity contribution in [2.24, 2.45) is 0 Å². The van der Waals surface area contributed by atoms with Gasteiger partial charge in [-0.3, -0.25) is 14.2 Å². The van der Waals surface area contributed by atoms with Crippen LogP contribution in [-0.2, 0) is 24.2 Å². The number of hydrogen-bond donors (Lipinski definition) is 1. The molecule has 1 aliphatic carbocycles. The second kappa shape index (κ2) is 6.54. The van der Waals surface area contributed by atoms with Crippen molar-refractivity contribution in [2.45, 2.75) is 39.2 Å². The highest BCUT2D eigenvalue weighted by molar-refractivity contribution is 6.31. The Morgan fingerprint density at radius 2 is 2.13 bits per heavy atom. The Labute approximate surface area is 139 Å². The van der Waals surface area contributed by atoms with E-state index in [0.717, 1.165) is 42.5 Å². The van der Waals surface area contributed by atoms with E-state index in [1.807, 2.05) is 13.0 Å². The molecule has 0 atom stereocenters.